The number of sulfonamides is 1. The zero-order valence-corrected chi connectivity index (χ0v) is 15.2. The summed E-state index contributed by atoms with van der Waals surface area (Å²) in [7, 11) is -3.64. The number of rotatable bonds is 6. The number of hydrogen-bond acceptors (Lipinski definition) is 5. The molecule has 1 fully saturated rings. The Morgan fingerprint density at radius 2 is 2.04 bits per heavy atom. The quantitative estimate of drug-likeness (QED) is 0.826. The second-order valence-electron chi connectivity index (χ2n) is 5.98. The van der Waals surface area contributed by atoms with Crippen LogP contribution in [0.2, 0.25) is 0 Å². The summed E-state index contributed by atoms with van der Waals surface area (Å²) in [5, 5.41) is 2.78. The van der Waals surface area contributed by atoms with E-state index in [1.54, 1.807) is 24.5 Å². The number of carbonyl (C=O) groups is 1. The normalized spacial score (nSPS) is 16.2. The monoisotopic (exact) mass is 378 g/mol. The van der Waals surface area contributed by atoms with Gasteiger partial charge in [0, 0.05) is 38.2 Å². The van der Waals surface area contributed by atoms with Crippen molar-refractivity contribution in [3.63, 3.8) is 0 Å². The van der Waals surface area contributed by atoms with Crippen molar-refractivity contribution in [2.45, 2.75) is 17.7 Å². The fourth-order valence-corrected chi connectivity index (χ4v) is 4.28. The maximum atomic E-state index is 12.8. The van der Waals surface area contributed by atoms with Crippen LogP contribution in [0.3, 0.4) is 0 Å². The number of nitrogens with zero attached hydrogens (tertiary/aromatic N) is 1. The van der Waals surface area contributed by atoms with E-state index in [0.29, 0.717) is 51.3 Å². The maximum absolute atomic E-state index is 12.8. The largest absolute Gasteiger partial charge is 0.469 e. The van der Waals surface area contributed by atoms with Gasteiger partial charge < -0.3 is 14.5 Å². The van der Waals surface area contributed by atoms with E-state index < -0.39 is 10.0 Å². The number of ether oxygens (including phenoxy) is 1. The summed E-state index contributed by atoms with van der Waals surface area (Å²) in [6.45, 7) is 2.09. The van der Waals surface area contributed by atoms with E-state index in [2.05, 4.69) is 5.32 Å². The third kappa shape index (κ3) is 4.51. The maximum Gasteiger partial charge on any atom is 0.251 e. The molecule has 3 rings (SSSR count). The Balaban J connectivity index is 1.67. The summed E-state index contributed by atoms with van der Waals surface area (Å²) >= 11 is 0. The van der Waals surface area contributed by atoms with Crippen molar-refractivity contribution >= 4 is 15.9 Å². The summed E-state index contributed by atoms with van der Waals surface area (Å²) in [5.41, 5.74) is 0.316. The molecular formula is C18H22N2O5S. The second kappa shape index (κ2) is 8.48. The van der Waals surface area contributed by atoms with E-state index in [-0.39, 0.29) is 10.8 Å². The Labute approximate surface area is 153 Å². The highest BCUT2D eigenvalue weighted by Crippen LogP contribution is 2.18. The zero-order chi connectivity index (χ0) is 18.4. The molecule has 1 N–H and O–H groups in total. The van der Waals surface area contributed by atoms with E-state index in [9.17, 15) is 13.2 Å². The molecule has 8 heteroatoms. The Morgan fingerprint density at radius 3 is 2.85 bits per heavy atom. The van der Waals surface area contributed by atoms with Crippen LogP contribution >= 0.6 is 0 Å². The fraction of sp³-hybridized carbons (Fsp3) is 0.389. The van der Waals surface area contributed by atoms with Gasteiger partial charge in [0.15, 0.2) is 0 Å². The number of hydrogen-bond donors (Lipinski definition) is 1. The molecule has 0 spiro atoms. The Hall–Kier alpha value is -2.16. The van der Waals surface area contributed by atoms with Gasteiger partial charge in [-0.1, -0.05) is 6.07 Å². The number of carbonyl (C=O) groups excluding carboxylic acids is 1. The predicted molar refractivity (Wildman–Crippen MR) is 95.4 cm³/mol. The lowest BCUT2D eigenvalue weighted by Crippen LogP contribution is -2.33. The molecule has 1 saturated heterocycles. The van der Waals surface area contributed by atoms with Crippen LogP contribution in [0.4, 0.5) is 0 Å². The summed E-state index contributed by atoms with van der Waals surface area (Å²) < 4.78 is 37.6. The SMILES string of the molecule is O=C(NCCc1ccco1)c1cccc(S(=O)(=O)N2CCCOCC2)c1. The molecule has 0 saturated carbocycles. The second-order valence-corrected chi connectivity index (χ2v) is 7.92. The van der Waals surface area contributed by atoms with Crippen molar-refractivity contribution in [3.8, 4) is 0 Å². The Kier molecular flexibility index (Phi) is 6.08. The molecule has 0 aliphatic carbocycles. The van der Waals surface area contributed by atoms with Crippen molar-refractivity contribution in [1.82, 2.24) is 9.62 Å². The van der Waals surface area contributed by atoms with Gasteiger partial charge in [-0.25, -0.2) is 8.42 Å². The number of nitrogens with one attached hydrogen (secondary N) is 1. The molecule has 26 heavy (non-hydrogen) atoms. The average Bonchev–Trinajstić information content (AvgIpc) is 3.00. The third-order valence-corrected chi connectivity index (χ3v) is 6.05. The minimum Gasteiger partial charge on any atom is -0.469 e. The van der Waals surface area contributed by atoms with Gasteiger partial charge in [0.1, 0.15) is 5.76 Å². The van der Waals surface area contributed by atoms with Gasteiger partial charge in [0.2, 0.25) is 10.0 Å². The number of amides is 1. The molecule has 2 aromatic rings. The van der Waals surface area contributed by atoms with Crippen LogP contribution in [0, 0.1) is 0 Å². The minimum absolute atomic E-state index is 0.123. The van der Waals surface area contributed by atoms with Gasteiger partial charge in [-0.2, -0.15) is 4.31 Å². The predicted octanol–water partition coefficient (Wildman–Crippen LogP) is 1.66. The van der Waals surface area contributed by atoms with Crippen molar-refractivity contribution in [2.75, 3.05) is 32.8 Å². The molecule has 1 aliphatic rings. The van der Waals surface area contributed by atoms with Crippen LogP contribution in [0.25, 0.3) is 0 Å². The van der Waals surface area contributed by atoms with Crippen molar-refractivity contribution in [1.29, 1.82) is 0 Å². The lowest BCUT2D eigenvalue weighted by Gasteiger charge is -2.19. The van der Waals surface area contributed by atoms with E-state index in [1.165, 1.54) is 16.4 Å². The van der Waals surface area contributed by atoms with Gasteiger partial charge in [-0.3, -0.25) is 4.79 Å². The lowest BCUT2D eigenvalue weighted by atomic mass is 10.2. The molecule has 2 heterocycles. The molecule has 1 aromatic heterocycles. The highest BCUT2D eigenvalue weighted by atomic mass is 32.2. The summed E-state index contributed by atoms with van der Waals surface area (Å²) in [4.78, 5) is 12.4. The van der Waals surface area contributed by atoms with Crippen LogP contribution in [0.1, 0.15) is 22.5 Å². The molecular weight excluding hydrogens is 356 g/mol. The Morgan fingerprint density at radius 1 is 1.15 bits per heavy atom. The smallest absolute Gasteiger partial charge is 0.251 e. The third-order valence-electron chi connectivity index (χ3n) is 4.15. The first-order chi connectivity index (χ1) is 12.6. The molecule has 1 aliphatic heterocycles. The summed E-state index contributed by atoms with van der Waals surface area (Å²) in [6, 6.07) is 9.75. The van der Waals surface area contributed by atoms with Crippen LogP contribution in [0.5, 0.6) is 0 Å². The fourth-order valence-electron chi connectivity index (χ4n) is 2.77. The topological polar surface area (TPSA) is 88.8 Å². The van der Waals surface area contributed by atoms with Gasteiger partial charge >= 0.3 is 0 Å². The average molecular weight is 378 g/mol. The highest BCUT2D eigenvalue weighted by molar-refractivity contribution is 7.89. The zero-order valence-electron chi connectivity index (χ0n) is 14.4. The Bertz CT molecular complexity index is 825. The molecule has 1 aromatic carbocycles. The van der Waals surface area contributed by atoms with Crippen molar-refractivity contribution in [2.24, 2.45) is 0 Å². The first-order valence-corrected chi connectivity index (χ1v) is 10.00. The molecule has 1 amide bonds. The molecule has 0 unspecified atom stereocenters. The molecule has 0 radical (unpaired) electrons. The number of benzene rings is 1. The van der Waals surface area contributed by atoms with Crippen LogP contribution in [-0.2, 0) is 21.2 Å². The summed E-state index contributed by atoms with van der Waals surface area (Å²) in [5.74, 6) is 0.470. The van der Waals surface area contributed by atoms with Crippen molar-refractivity contribution < 1.29 is 22.4 Å². The lowest BCUT2D eigenvalue weighted by molar-refractivity contribution is 0.0953. The van der Waals surface area contributed by atoms with Gasteiger partial charge in [-0.05, 0) is 36.8 Å². The summed E-state index contributed by atoms with van der Waals surface area (Å²) in [6.07, 6.45) is 2.82. The van der Waals surface area contributed by atoms with Crippen LogP contribution < -0.4 is 5.32 Å². The molecule has 7 nitrogen and oxygen atoms in total. The van der Waals surface area contributed by atoms with Crippen LogP contribution in [0.15, 0.2) is 52.0 Å². The van der Waals surface area contributed by atoms with E-state index in [4.69, 9.17) is 9.15 Å². The number of furan rings is 1. The van der Waals surface area contributed by atoms with E-state index in [1.807, 2.05) is 6.07 Å². The highest BCUT2D eigenvalue weighted by Gasteiger charge is 2.26. The van der Waals surface area contributed by atoms with Gasteiger partial charge in [0.05, 0.1) is 17.8 Å². The first kappa shape index (κ1) is 18.6. The minimum atomic E-state index is -3.64. The van der Waals surface area contributed by atoms with Gasteiger partial charge in [0.25, 0.3) is 5.91 Å². The van der Waals surface area contributed by atoms with Crippen molar-refractivity contribution in [3.05, 3.63) is 54.0 Å². The van der Waals surface area contributed by atoms with Crippen LogP contribution in [-0.4, -0.2) is 51.5 Å². The first-order valence-electron chi connectivity index (χ1n) is 8.56. The molecule has 140 valence electrons. The standard InChI is InChI=1S/C18H22N2O5S/c21-18(19-8-7-16-5-2-12-25-16)15-4-1-6-17(14-15)26(22,23)20-9-3-11-24-13-10-20/h1-2,4-6,12,14H,3,7-11,13H2,(H,19,21). The van der Waals surface area contributed by atoms with Gasteiger partial charge in [-0.15, -0.1) is 0 Å². The van der Waals surface area contributed by atoms with E-state index >= 15 is 0 Å². The molecule has 0 bridgehead atoms. The van der Waals surface area contributed by atoms with E-state index in [0.717, 1.165) is 5.76 Å². The molecule has 0 atom stereocenters.